The number of rotatable bonds is 1. The summed E-state index contributed by atoms with van der Waals surface area (Å²) in [6.45, 7) is 6.18. The molecule has 1 aliphatic carbocycles. The van der Waals surface area contributed by atoms with E-state index in [1.54, 1.807) is 13.0 Å². The summed E-state index contributed by atoms with van der Waals surface area (Å²) in [5.41, 5.74) is 1.42. The van der Waals surface area contributed by atoms with Gasteiger partial charge in [0, 0.05) is 24.9 Å². The number of nitrogens with one attached hydrogen (secondary N) is 1. The Morgan fingerprint density at radius 1 is 1.17 bits per heavy atom. The quantitative estimate of drug-likeness (QED) is 0.692. The molecule has 3 atom stereocenters. The van der Waals surface area contributed by atoms with Crippen molar-refractivity contribution in [3.63, 3.8) is 0 Å². The average molecular weight is 414 g/mol. The molecule has 1 aromatic heterocycles. The van der Waals surface area contributed by atoms with Crippen LogP contribution in [-0.2, 0) is 19.1 Å². The summed E-state index contributed by atoms with van der Waals surface area (Å²) in [6.07, 6.45) is 3.22. The molecule has 1 saturated carbocycles. The van der Waals surface area contributed by atoms with Crippen LogP contribution in [0.3, 0.4) is 0 Å². The van der Waals surface area contributed by atoms with Crippen molar-refractivity contribution in [2.45, 2.75) is 58.7 Å². The van der Waals surface area contributed by atoms with Gasteiger partial charge in [0.25, 0.3) is 11.9 Å². The molecular weight excluding hydrogens is 388 g/mol. The van der Waals surface area contributed by atoms with Crippen molar-refractivity contribution >= 4 is 35.2 Å². The van der Waals surface area contributed by atoms with Gasteiger partial charge in [-0.1, -0.05) is 6.42 Å². The molecular formula is C20H26N6O4. The van der Waals surface area contributed by atoms with E-state index in [9.17, 15) is 14.4 Å². The molecule has 10 nitrogen and oxygen atoms in total. The first-order chi connectivity index (χ1) is 14.3. The molecule has 3 aliphatic rings. The molecule has 1 N–H and O–H groups in total. The fourth-order valence-electron chi connectivity index (χ4n) is 4.22. The number of aryl methyl sites for hydroxylation is 1. The van der Waals surface area contributed by atoms with E-state index in [4.69, 9.17) is 4.74 Å². The largest absolute Gasteiger partial charge is 0.372 e. The van der Waals surface area contributed by atoms with Crippen molar-refractivity contribution in [1.82, 2.24) is 14.7 Å². The minimum absolute atomic E-state index is 0.123. The maximum atomic E-state index is 12.6. The van der Waals surface area contributed by atoms with E-state index < -0.39 is 11.8 Å². The van der Waals surface area contributed by atoms with Crippen molar-refractivity contribution in [1.29, 1.82) is 0 Å². The predicted molar refractivity (Wildman–Crippen MR) is 109 cm³/mol. The second-order valence-electron chi connectivity index (χ2n) is 8.16. The van der Waals surface area contributed by atoms with Crippen molar-refractivity contribution in [3.05, 3.63) is 11.8 Å². The molecule has 2 aliphatic heterocycles. The third-order valence-corrected chi connectivity index (χ3v) is 5.49. The maximum Gasteiger partial charge on any atom is 0.315 e. The van der Waals surface area contributed by atoms with Crippen molar-refractivity contribution in [2.24, 2.45) is 15.9 Å². The molecule has 160 valence electrons. The lowest BCUT2D eigenvalue weighted by Crippen LogP contribution is -2.51. The zero-order valence-corrected chi connectivity index (χ0v) is 17.4. The summed E-state index contributed by atoms with van der Waals surface area (Å²) in [5.74, 6) is -1.51. The van der Waals surface area contributed by atoms with Gasteiger partial charge in [0.15, 0.2) is 0 Å². The van der Waals surface area contributed by atoms with Crippen LogP contribution < -0.4 is 5.32 Å². The van der Waals surface area contributed by atoms with Crippen LogP contribution >= 0.6 is 0 Å². The molecule has 0 spiro atoms. The number of fused-ring (bicyclic) bond motifs is 1. The van der Waals surface area contributed by atoms with E-state index in [-0.39, 0.29) is 35.8 Å². The SMILES string of the molecule is Cc1cc(NC(=O)C(=O)N2CC(C)OC(C)C2)n(C2=NC(=O)C3CCCCC3=N2)n1. The Kier molecular flexibility index (Phi) is 5.50. The van der Waals surface area contributed by atoms with Gasteiger partial charge < -0.3 is 15.0 Å². The van der Waals surface area contributed by atoms with Crippen LogP contribution in [0.15, 0.2) is 16.1 Å². The molecule has 0 aromatic carbocycles. The van der Waals surface area contributed by atoms with Crippen LogP contribution in [0, 0.1) is 12.8 Å². The first-order valence-corrected chi connectivity index (χ1v) is 10.3. The van der Waals surface area contributed by atoms with Gasteiger partial charge in [0.05, 0.1) is 23.8 Å². The van der Waals surface area contributed by atoms with Crippen LogP contribution in [0.1, 0.15) is 45.2 Å². The van der Waals surface area contributed by atoms with E-state index in [0.717, 1.165) is 31.4 Å². The molecule has 3 amide bonds. The van der Waals surface area contributed by atoms with E-state index >= 15 is 0 Å². The molecule has 1 aromatic rings. The topological polar surface area (TPSA) is 118 Å². The standard InChI is InChI=1S/C20H26N6O4/c1-11-8-16(22-18(28)19(29)25-9-12(2)30-13(3)10-25)26(24-11)20-21-15-7-5-4-6-14(15)17(27)23-20/h8,12-14H,4-7,9-10H2,1-3H3,(H,22,28). The zero-order valence-electron chi connectivity index (χ0n) is 17.4. The van der Waals surface area contributed by atoms with Gasteiger partial charge in [-0.2, -0.15) is 14.8 Å². The predicted octanol–water partition coefficient (Wildman–Crippen LogP) is 1.14. The number of hydrogen-bond acceptors (Lipinski definition) is 6. The van der Waals surface area contributed by atoms with Gasteiger partial charge >= 0.3 is 11.8 Å². The smallest absolute Gasteiger partial charge is 0.315 e. The zero-order chi connectivity index (χ0) is 21.4. The molecule has 3 unspecified atom stereocenters. The van der Waals surface area contributed by atoms with Crippen LogP contribution in [0.2, 0.25) is 0 Å². The number of carbonyl (C=O) groups excluding carboxylic acids is 3. The number of aromatic nitrogens is 2. The Bertz CT molecular complexity index is 939. The molecule has 3 heterocycles. The summed E-state index contributed by atoms with van der Waals surface area (Å²) in [4.78, 5) is 47.9. The Balaban J connectivity index is 1.54. The molecule has 2 fully saturated rings. The summed E-state index contributed by atoms with van der Waals surface area (Å²) in [6, 6.07) is 1.62. The third-order valence-electron chi connectivity index (χ3n) is 5.49. The highest BCUT2D eigenvalue weighted by Gasteiger charge is 2.33. The summed E-state index contributed by atoms with van der Waals surface area (Å²) in [7, 11) is 0. The van der Waals surface area contributed by atoms with Crippen LogP contribution in [0.4, 0.5) is 5.82 Å². The van der Waals surface area contributed by atoms with Gasteiger partial charge in [0.1, 0.15) is 5.82 Å². The minimum Gasteiger partial charge on any atom is -0.372 e. The van der Waals surface area contributed by atoms with Gasteiger partial charge in [-0.05, 0) is 40.0 Å². The molecule has 10 heteroatoms. The Morgan fingerprint density at radius 2 is 1.90 bits per heavy atom. The summed E-state index contributed by atoms with van der Waals surface area (Å²) in [5, 5.41) is 6.93. The number of anilines is 1. The Labute approximate surface area is 174 Å². The highest BCUT2D eigenvalue weighted by molar-refractivity contribution is 6.39. The monoisotopic (exact) mass is 414 g/mol. The highest BCUT2D eigenvalue weighted by Crippen LogP contribution is 2.26. The fourth-order valence-corrected chi connectivity index (χ4v) is 4.22. The van der Waals surface area contributed by atoms with Gasteiger partial charge in [0.2, 0.25) is 0 Å². The number of amides is 3. The lowest BCUT2D eigenvalue weighted by atomic mass is 9.86. The number of morpholine rings is 1. The van der Waals surface area contributed by atoms with Gasteiger partial charge in [-0.15, -0.1) is 0 Å². The second-order valence-corrected chi connectivity index (χ2v) is 8.16. The van der Waals surface area contributed by atoms with Crippen LogP contribution in [0.5, 0.6) is 0 Å². The lowest BCUT2D eigenvalue weighted by molar-refractivity contribution is -0.151. The van der Waals surface area contributed by atoms with E-state index in [2.05, 4.69) is 20.4 Å². The van der Waals surface area contributed by atoms with Crippen molar-refractivity contribution in [2.75, 3.05) is 18.4 Å². The average Bonchev–Trinajstić information content (AvgIpc) is 3.06. The lowest BCUT2D eigenvalue weighted by Gasteiger charge is -2.34. The molecule has 1 saturated heterocycles. The normalized spacial score (nSPS) is 26.6. The number of hydrogen-bond donors (Lipinski definition) is 1. The van der Waals surface area contributed by atoms with Crippen LogP contribution in [-0.4, -0.2) is 69.4 Å². The number of nitrogens with zero attached hydrogens (tertiary/aromatic N) is 5. The summed E-state index contributed by atoms with van der Waals surface area (Å²) < 4.78 is 6.94. The number of carbonyl (C=O) groups is 3. The fraction of sp³-hybridized carbons (Fsp3) is 0.600. The summed E-state index contributed by atoms with van der Waals surface area (Å²) >= 11 is 0. The second kappa shape index (κ2) is 8.10. The Morgan fingerprint density at radius 3 is 2.63 bits per heavy atom. The van der Waals surface area contributed by atoms with Crippen LogP contribution in [0.25, 0.3) is 0 Å². The van der Waals surface area contributed by atoms with E-state index in [0.29, 0.717) is 18.8 Å². The van der Waals surface area contributed by atoms with E-state index in [1.807, 2.05) is 13.8 Å². The minimum atomic E-state index is -0.775. The molecule has 30 heavy (non-hydrogen) atoms. The van der Waals surface area contributed by atoms with Gasteiger partial charge in [-0.3, -0.25) is 14.4 Å². The number of aliphatic imine (C=N–C) groups is 2. The maximum absolute atomic E-state index is 12.6. The molecule has 0 radical (unpaired) electrons. The third kappa shape index (κ3) is 4.04. The highest BCUT2D eigenvalue weighted by atomic mass is 16.5. The number of ether oxygens (including phenoxy) is 1. The van der Waals surface area contributed by atoms with Crippen molar-refractivity contribution in [3.8, 4) is 0 Å². The Hall–Kier alpha value is -2.88. The first-order valence-electron chi connectivity index (χ1n) is 10.3. The van der Waals surface area contributed by atoms with Crippen molar-refractivity contribution < 1.29 is 19.1 Å². The van der Waals surface area contributed by atoms with Gasteiger partial charge in [-0.25, -0.2) is 4.99 Å². The first kappa shape index (κ1) is 20.4. The van der Waals surface area contributed by atoms with E-state index in [1.165, 1.54) is 9.58 Å². The molecule has 0 bridgehead atoms. The molecule has 4 rings (SSSR count).